The third-order valence-electron chi connectivity index (χ3n) is 12.4. The van der Waals surface area contributed by atoms with Gasteiger partial charge in [0.2, 0.25) is 0 Å². The molecule has 3 aromatic heterocycles. The van der Waals surface area contributed by atoms with Crippen molar-refractivity contribution in [1.82, 2.24) is 19.5 Å². The lowest BCUT2D eigenvalue weighted by Gasteiger charge is -2.17. The Bertz CT molecular complexity index is 3790. The second-order valence-electron chi connectivity index (χ2n) is 16.2. The third kappa shape index (κ3) is 6.50. The Hall–Kier alpha value is -9.01. The Kier molecular flexibility index (Phi) is 9.35. The summed E-state index contributed by atoms with van der Waals surface area (Å²) in [7, 11) is 0. The zero-order chi connectivity index (χ0) is 44.1. The van der Waals surface area contributed by atoms with E-state index in [-0.39, 0.29) is 0 Å². The Morgan fingerprint density at radius 3 is 1.45 bits per heavy atom. The van der Waals surface area contributed by atoms with E-state index in [0.717, 1.165) is 77.6 Å². The number of aromatic nitrogens is 4. The Morgan fingerprint density at radius 1 is 0.364 bits per heavy atom. The van der Waals surface area contributed by atoms with Gasteiger partial charge >= 0.3 is 0 Å². The first kappa shape index (κ1) is 38.6. The molecule has 0 atom stereocenters. The molecule has 3 heterocycles. The summed E-state index contributed by atoms with van der Waals surface area (Å²) < 4.78 is 4.76. The van der Waals surface area contributed by atoms with Crippen LogP contribution < -0.4 is 0 Å². The van der Waals surface area contributed by atoms with Crippen molar-refractivity contribution in [3.63, 3.8) is 0 Å². The van der Waals surface area contributed by atoms with E-state index in [1.165, 1.54) is 20.2 Å². The van der Waals surface area contributed by atoms with E-state index < -0.39 is 0 Å². The maximum Gasteiger partial charge on any atom is 0.166 e. The van der Waals surface area contributed by atoms with Crippen LogP contribution in [0.3, 0.4) is 0 Å². The highest BCUT2D eigenvalue weighted by atomic mass is 32.1. The molecule has 0 radical (unpaired) electrons. The fourth-order valence-electron chi connectivity index (χ4n) is 9.30. The third-order valence-corrected chi connectivity index (χ3v) is 13.5. The maximum atomic E-state index is 10.2. The van der Waals surface area contributed by atoms with Gasteiger partial charge in [0.1, 0.15) is 0 Å². The summed E-state index contributed by atoms with van der Waals surface area (Å²) in [6, 6.07) is 75.0. The molecule has 0 spiro atoms. The van der Waals surface area contributed by atoms with Gasteiger partial charge in [-0.2, -0.15) is 10.5 Å². The van der Waals surface area contributed by atoms with Gasteiger partial charge < -0.3 is 4.57 Å². The second-order valence-corrected chi connectivity index (χ2v) is 17.2. The highest BCUT2D eigenvalue weighted by Crippen LogP contribution is 2.44. The van der Waals surface area contributed by atoms with Crippen LogP contribution in [0.5, 0.6) is 0 Å². The monoisotopic (exact) mass is 858 g/mol. The quantitative estimate of drug-likeness (QED) is 0.159. The van der Waals surface area contributed by atoms with Gasteiger partial charge in [-0.05, 0) is 81.9 Å². The van der Waals surface area contributed by atoms with Crippen LogP contribution in [0.2, 0.25) is 0 Å². The molecule has 0 amide bonds. The normalized spacial score (nSPS) is 11.3. The highest BCUT2D eigenvalue weighted by Gasteiger charge is 2.23. The Morgan fingerprint density at radius 2 is 0.848 bits per heavy atom. The lowest BCUT2D eigenvalue weighted by atomic mass is 9.96. The van der Waals surface area contributed by atoms with Crippen molar-refractivity contribution in [2.45, 2.75) is 0 Å². The van der Waals surface area contributed by atoms with Crippen LogP contribution in [0.4, 0.5) is 0 Å². The number of hydrogen-bond acceptors (Lipinski definition) is 6. The van der Waals surface area contributed by atoms with Crippen LogP contribution >= 0.6 is 11.3 Å². The summed E-state index contributed by atoms with van der Waals surface area (Å²) >= 11 is 1.80. The number of thiophene rings is 1. The number of nitrogens with zero attached hydrogens (tertiary/aromatic N) is 6. The smallest absolute Gasteiger partial charge is 0.166 e. The lowest BCUT2D eigenvalue weighted by molar-refractivity contribution is 1.06. The Labute approximate surface area is 384 Å². The van der Waals surface area contributed by atoms with Crippen LogP contribution in [0.1, 0.15) is 11.1 Å². The van der Waals surface area contributed by atoms with Crippen molar-refractivity contribution in [3.8, 4) is 85.4 Å². The zero-order valence-electron chi connectivity index (χ0n) is 35.2. The van der Waals surface area contributed by atoms with E-state index in [0.29, 0.717) is 28.6 Å². The predicted molar refractivity (Wildman–Crippen MR) is 269 cm³/mol. The van der Waals surface area contributed by atoms with Gasteiger partial charge in [-0.15, -0.1) is 11.3 Å². The standard InChI is InChI=1S/C59H34N6S/c60-35-42-18-7-9-20-44(42)40-26-29-47-48-30-27-41(45-21-10-8-19-43(45)36-61)34-53(48)65(52(47)33-40)51-31-28-39(46-23-13-25-55-56(46)49-22-11-12-24-54(49)66-55)32-50(51)59-63-57(37-14-3-1-4-15-37)62-58(64-59)38-16-5-2-6-17-38/h1-34H. The van der Waals surface area contributed by atoms with Gasteiger partial charge in [0.15, 0.2) is 17.5 Å². The molecule has 0 bridgehead atoms. The fourth-order valence-corrected chi connectivity index (χ4v) is 10.4. The van der Waals surface area contributed by atoms with Crippen molar-refractivity contribution in [2.75, 3.05) is 0 Å². The van der Waals surface area contributed by atoms with E-state index in [2.05, 4.69) is 114 Å². The molecule has 0 saturated carbocycles. The van der Waals surface area contributed by atoms with E-state index in [9.17, 15) is 10.5 Å². The van der Waals surface area contributed by atoms with Gasteiger partial charge in [-0.1, -0.05) is 158 Å². The molecule has 9 aromatic carbocycles. The topological polar surface area (TPSA) is 91.2 Å². The van der Waals surface area contributed by atoms with Gasteiger partial charge in [0, 0.05) is 47.6 Å². The van der Waals surface area contributed by atoms with Crippen molar-refractivity contribution in [2.24, 2.45) is 0 Å². The molecule has 306 valence electrons. The molecule has 0 aliphatic rings. The van der Waals surface area contributed by atoms with Crippen molar-refractivity contribution < 1.29 is 0 Å². The molecular formula is C59H34N6S. The van der Waals surface area contributed by atoms with E-state index in [1.807, 2.05) is 109 Å². The number of nitriles is 2. The Balaban J connectivity index is 1.21. The van der Waals surface area contributed by atoms with Gasteiger partial charge in [0.25, 0.3) is 0 Å². The van der Waals surface area contributed by atoms with Crippen molar-refractivity contribution in [1.29, 1.82) is 10.5 Å². The number of benzene rings is 9. The molecule has 0 unspecified atom stereocenters. The molecule has 7 heteroatoms. The van der Waals surface area contributed by atoms with Crippen LogP contribution in [-0.4, -0.2) is 19.5 Å². The fraction of sp³-hybridized carbons (Fsp3) is 0. The summed E-state index contributed by atoms with van der Waals surface area (Å²) in [5.74, 6) is 1.65. The SMILES string of the molecule is N#Cc1ccccc1-c1ccc2c3ccc(-c4ccccc4C#N)cc3n(-c3ccc(-c4cccc5sc6ccccc6c45)cc3-c3nc(-c4ccccc4)nc(-c4ccccc4)n3)c2c1. The van der Waals surface area contributed by atoms with Crippen LogP contribution in [-0.2, 0) is 0 Å². The first-order valence-corrected chi connectivity index (χ1v) is 22.4. The minimum atomic E-state index is 0.522. The molecule has 0 saturated heterocycles. The van der Waals surface area contributed by atoms with E-state index in [1.54, 1.807) is 11.3 Å². The summed E-state index contributed by atoms with van der Waals surface area (Å²) in [6.45, 7) is 0. The van der Waals surface area contributed by atoms with Gasteiger partial charge in [-0.25, -0.2) is 15.0 Å². The predicted octanol–water partition coefficient (Wildman–Crippen LogP) is 15.1. The lowest BCUT2D eigenvalue weighted by Crippen LogP contribution is -2.04. The van der Waals surface area contributed by atoms with Crippen molar-refractivity contribution in [3.05, 3.63) is 217 Å². The van der Waals surface area contributed by atoms with Gasteiger partial charge in [-0.3, -0.25) is 0 Å². The first-order valence-electron chi connectivity index (χ1n) is 21.6. The van der Waals surface area contributed by atoms with E-state index in [4.69, 9.17) is 15.0 Å². The molecule has 0 fully saturated rings. The zero-order valence-corrected chi connectivity index (χ0v) is 36.0. The number of fused-ring (bicyclic) bond motifs is 6. The minimum Gasteiger partial charge on any atom is -0.308 e. The van der Waals surface area contributed by atoms with Crippen LogP contribution in [0, 0.1) is 22.7 Å². The largest absolute Gasteiger partial charge is 0.308 e. The summed E-state index contributed by atoms with van der Waals surface area (Å²) in [5.41, 5.74) is 12.2. The highest BCUT2D eigenvalue weighted by molar-refractivity contribution is 7.25. The molecule has 0 aliphatic carbocycles. The molecule has 66 heavy (non-hydrogen) atoms. The van der Waals surface area contributed by atoms with Gasteiger partial charge in [0.05, 0.1) is 40.0 Å². The number of rotatable bonds is 7. The second kappa shape index (κ2) is 16.0. The van der Waals surface area contributed by atoms with E-state index >= 15 is 0 Å². The summed E-state index contributed by atoms with van der Waals surface area (Å²) in [5, 5.41) is 25.0. The molecule has 0 aliphatic heterocycles. The van der Waals surface area contributed by atoms with Crippen LogP contribution in [0.25, 0.3) is 115 Å². The molecule has 0 N–H and O–H groups in total. The molecule has 6 nitrogen and oxygen atoms in total. The first-order chi connectivity index (χ1) is 32.6. The molecule has 12 rings (SSSR count). The average Bonchev–Trinajstić information content (AvgIpc) is 3.94. The summed E-state index contributed by atoms with van der Waals surface area (Å²) in [4.78, 5) is 15.8. The maximum absolute atomic E-state index is 10.2. The average molecular weight is 859 g/mol. The molecular weight excluding hydrogens is 825 g/mol. The summed E-state index contributed by atoms with van der Waals surface area (Å²) in [6.07, 6.45) is 0. The minimum absolute atomic E-state index is 0.522. The van der Waals surface area contributed by atoms with Crippen LogP contribution in [0.15, 0.2) is 206 Å². The number of hydrogen-bond donors (Lipinski definition) is 0. The van der Waals surface area contributed by atoms with Crippen molar-refractivity contribution >= 4 is 53.3 Å². The molecule has 12 aromatic rings.